The fourth-order valence-electron chi connectivity index (χ4n) is 3.83. The van der Waals surface area contributed by atoms with Crippen LogP contribution >= 0.6 is 11.6 Å². The number of benzene rings is 4. The average molecular weight is 467 g/mol. The molecule has 4 aromatic carbocycles. The molecular formula is C27H18ClF3O2. The van der Waals surface area contributed by atoms with E-state index in [4.69, 9.17) is 11.6 Å². The number of hydrogen-bond acceptors (Lipinski definition) is 2. The van der Waals surface area contributed by atoms with Crippen molar-refractivity contribution in [3.05, 3.63) is 136 Å². The van der Waals surface area contributed by atoms with Crippen LogP contribution in [0.3, 0.4) is 0 Å². The fraction of sp³-hybridized carbons (Fsp3) is 0.0370. The summed E-state index contributed by atoms with van der Waals surface area (Å²) in [6, 6.07) is 20.3. The Hall–Kier alpha value is -3.70. The van der Waals surface area contributed by atoms with Gasteiger partial charge in [-0.05, 0) is 64.7 Å². The van der Waals surface area contributed by atoms with Gasteiger partial charge in [-0.25, -0.2) is 13.2 Å². The number of allylic oxidation sites excluding steroid dienone is 1. The molecule has 4 aromatic rings. The van der Waals surface area contributed by atoms with E-state index in [0.29, 0.717) is 27.3 Å². The molecule has 33 heavy (non-hydrogen) atoms. The number of phenols is 2. The van der Waals surface area contributed by atoms with E-state index >= 15 is 0 Å². The lowest BCUT2D eigenvalue weighted by atomic mass is 9.69. The Morgan fingerprint density at radius 2 is 1.18 bits per heavy atom. The molecule has 6 heteroatoms. The van der Waals surface area contributed by atoms with Crippen molar-refractivity contribution in [3.8, 4) is 11.5 Å². The van der Waals surface area contributed by atoms with E-state index in [2.05, 4.69) is 0 Å². The summed E-state index contributed by atoms with van der Waals surface area (Å²) in [5.74, 6) is -3.30. The smallest absolute Gasteiger partial charge is 0.165 e. The highest BCUT2D eigenvalue weighted by Crippen LogP contribution is 2.43. The van der Waals surface area contributed by atoms with Crippen LogP contribution in [0.2, 0.25) is 5.02 Å². The normalized spacial score (nSPS) is 11.8. The van der Waals surface area contributed by atoms with Crippen molar-refractivity contribution in [2.45, 2.75) is 5.41 Å². The Balaban J connectivity index is 2.08. The highest BCUT2D eigenvalue weighted by molar-refractivity contribution is 6.32. The largest absolute Gasteiger partial charge is 0.505 e. The Morgan fingerprint density at radius 1 is 0.667 bits per heavy atom. The van der Waals surface area contributed by atoms with Crippen LogP contribution in [0.15, 0.2) is 91.0 Å². The van der Waals surface area contributed by atoms with Gasteiger partial charge >= 0.3 is 0 Å². The maximum Gasteiger partial charge on any atom is 0.165 e. The lowest BCUT2D eigenvalue weighted by Crippen LogP contribution is -2.27. The van der Waals surface area contributed by atoms with E-state index in [0.717, 1.165) is 12.1 Å². The van der Waals surface area contributed by atoms with Gasteiger partial charge in [-0.3, -0.25) is 0 Å². The Bertz CT molecular complexity index is 1280. The van der Waals surface area contributed by atoms with Crippen molar-refractivity contribution in [3.63, 3.8) is 0 Å². The molecule has 0 saturated carbocycles. The van der Waals surface area contributed by atoms with E-state index in [1.54, 1.807) is 36.4 Å². The molecule has 0 aliphatic heterocycles. The summed E-state index contributed by atoms with van der Waals surface area (Å²) in [7, 11) is 0. The number of halogens is 4. The number of phenolic OH excluding ortho intramolecular Hbond substituents is 2. The second-order valence-corrected chi connectivity index (χ2v) is 7.91. The molecule has 0 radical (unpaired) electrons. The second kappa shape index (κ2) is 9.04. The molecule has 0 heterocycles. The molecule has 0 spiro atoms. The van der Waals surface area contributed by atoms with Gasteiger partial charge in [0.15, 0.2) is 23.1 Å². The first kappa shape index (κ1) is 22.5. The summed E-state index contributed by atoms with van der Waals surface area (Å²) in [6.45, 7) is 0. The van der Waals surface area contributed by atoms with Crippen molar-refractivity contribution >= 4 is 17.7 Å². The lowest BCUT2D eigenvalue weighted by Gasteiger charge is -2.33. The zero-order chi connectivity index (χ0) is 23.6. The number of hydrogen-bond donors (Lipinski definition) is 2. The standard InChI is InChI=1S/C27H18ClF3O2/c28-22-4-2-1-3-17(22)13-14-27(18-5-9-21(29)10-6-18,19-7-11-25(32)23(30)15-19)20-8-12-26(33)24(31)16-20/h1-16,32-33H. The second-order valence-electron chi connectivity index (χ2n) is 7.50. The van der Waals surface area contributed by atoms with Gasteiger partial charge in [-0.1, -0.05) is 66.2 Å². The zero-order valence-electron chi connectivity index (χ0n) is 17.1. The Morgan fingerprint density at radius 3 is 1.70 bits per heavy atom. The van der Waals surface area contributed by atoms with E-state index in [1.165, 1.54) is 48.5 Å². The van der Waals surface area contributed by atoms with Crippen molar-refractivity contribution in [2.75, 3.05) is 0 Å². The monoisotopic (exact) mass is 466 g/mol. The summed E-state index contributed by atoms with van der Waals surface area (Å²) in [5, 5.41) is 20.0. The third-order valence-electron chi connectivity index (χ3n) is 5.52. The quantitative estimate of drug-likeness (QED) is 0.305. The van der Waals surface area contributed by atoms with Gasteiger partial charge in [0.05, 0.1) is 5.41 Å². The fourth-order valence-corrected chi connectivity index (χ4v) is 4.03. The number of aromatic hydroxyl groups is 2. The lowest BCUT2D eigenvalue weighted by molar-refractivity contribution is 0.430. The van der Waals surface area contributed by atoms with Crippen LogP contribution in [0.25, 0.3) is 6.08 Å². The molecule has 0 atom stereocenters. The van der Waals surface area contributed by atoms with E-state index in [-0.39, 0.29) is 0 Å². The Kier molecular flexibility index (Phi) is 6.16. The summed E-state index contributed by atoms with van der Waals surface area (Å²) >= 11 is 6.32. The molecule has 166 valence electrons. The van der Waals surface area contributed by atoms with Gasteiger partial charge < -0.3 is 10.2 Å². The van der Waals surface area contributed by atoms with E-state index in [9.17, 15) is 23.4 Å². The topological polar surface area (TPSA) is 40.5 Å². The minimum Gasteiger partial charge on any atom is -0.505 e. The van der Waals surface area contributed by atoms with Gasteiger partial charge in [0.25, 0.3) is 0 Å². The van der Waals surface area contributed by atoms with Gasteiger partial charge in [0.2, 0.25) is 0 Å². The zero-order valence-corrected chi connectivity index (χ0v) is 17.9. The molecule has 0 bridgehead atoms. The summed E-state index contributed by atoms with van der Waals surface area (Å²) in [6.07, 6.45) is 3.42. The van der Waals surface area contributed by atoms with Crippen molar-refractivity contribution < 1.29 is 23.4 Å². The first-order valence-corrected chi connectivity index (χ1v) is 10.4. The van der Waals surface area contributed by atoms with E-state index < -0.39 is 34.4 Å². The van der Waals surface area contributed by atoms with Crippen molar-refractivity contribution in [1.82, 2.24) is 0 Å². The van der Waals surface area contributed by atoms with E-state index in [1.807, 2.05) is 0 Å². The van der Waals surface area contributed by atoms with Crippen molar-refractivity contribution in [1.29, 1.82) is 0 Å². The minimum atomic E-state index is -1.32. The van der Waals surface area contributed by atoms with Crippen LogP contribution in [-0.4, -0.2) is 10.2 Å². The summed E-state index contributed by atoms with van der Waals surface area (Å²) in [4.78, 5) is 0. The molecule has 0 amide bonds. The average Bonchev–Trinajstić information content (AvgIpc) is 2.80. The van der Waals surface area contributed by atoms with Crippen LogP contribution in [-0.2, 0) is 5.41 Å². The van der Waals surface area contributed by atoms with Crippen molar-refractivity contribution in [2.24, 2.45) is 0 Å². The van der Waals surface area contributed by atoms with Crippen LogP contribution < -0.4 is 0 Å². The third-order valence-corrected chi connectivity index (χ3v) is 5.87. The molecule has 0 unspecified atom stereocenters. The molecule has 0 saturated heterocycles. The summed E-state index contributed by atoms with van der Waals surface area (Å²) < 4.78 is 42.8. The minimum absolute atomic E-state index is 0.345. The van der Waals surface area contributed by atoms with Gasteiger partial charge in [-0.2, -0.15) is 0 Å². The van der Waals surface area contributed by atoms with Crippen LogP contribution in [0.5, 0.6) is 11.5 Å². The van der Waals surface area contributed by atoms with Crippen LogP contribution in [0.4, 0.5) is 13.2 Å². The van der Waals surface area contributed by atoms with Crippen LogP contribution in [0.1, 0.15) is 22.3 Å². The van der Waals surface area contributed by atoms with Gasteiger partial charge in [-0.15, -0.1) is 0 Å². The molecule has 2 N–H and O–H groups in total. The first-order chi connectivity index (χ1) is 15.8. The SMILES string of the molecule is Oc1ccc(C(C=Cc2ccccc2Cl)(c2ccc(F)cc2)c2ccc(O)c(F)c2)cc1F. The molecule has 0 aliphatic carbocycles. The maximum atomic E-state index is 14.5. The molecule has 4 rings (SSSR count). The maximum absolute atomic E-state index is 14.5. The van der Waals surface area contributed by atoms with Gasteiger partial charge in [0, 0.05) is 5.02 Å². The van der Waals surface area contributed by atoms with Gasteiger partial charge in [0.1, 0.15) is 5.82 Å². The summed E-state index contributed by atoms with van der Waals surface area (Å²) in [5.41, 5.74) is 0.526. The molecule has 0 aromatic heterocycles. The predicted octanol–water partition coefficient (Wildman–Crippen LogP) is 7.22. The Labute approximate surface area is 193 Å². The highest BCUT2D eigenvalue weighted by Gasteiger charge is 2.35. The predicted molar refractivity (Wildman–Crippen MR) is 123 cm³/mol. The highest BCUT2D eigenvalue weighted by atomic mass is 35.5. The molecule has 0 aliphatic rings. The molecular weight excluding hydrogens is 449 g/mol. The van der Waals surface area contributed by atoms with Crippen LogP contribution in [0, 0.1) is 17.5 Å². The first-order valence-electron chi connectivity index (χ1n) is 9.99. The molecule has 0 fully saturated rings. The third kappa shape index (κ3) is 4.32. The molecule has 2 nitrogen and oxygen atoms in total. The number of rotatable bonds is 5.